The summed E-state index contributed by atoms with van der Waals surface area (Å²) < 4.78 is 0. The summed E-state index contributed by atoms with van der Waals surface area (Å²) in [5.74, 6) is 0.571. The molecule has 2 rings (SSSR count). The van der Waals surface area contributed by atoms with Crippen LogP contribution in [0, 0.1) is 5.92 Å². The van der Waals surface area contributed by atoms with Gasteiger partial charge >= 0.3 is 0 Å². The second-order valence-electron chi connectivity index (χ2n) is 4.98. The van der Waals surface area contributed by atoms with Gasteiger partial charge in [0.15, 0.2) is 0 Å². The molecule has 2 unspecified atom stereocenters. The van der Waals surface area contributed by atoms with Crippen molar-refractivity contribution in [3.05, 3.63) is 0 Å². The van der Waals surface area contributed by atoms with Gasteiger partial charge in [-0.15, -0.1) is 0 Å². The summed E-state index contributed by atoms with van der Waals surface area (Å²) in [6.07, 6.45) is 7.54. The van der Waals surface area contributed by atoms with Crippen LogP contribution in [0.15, 0.2) is 0 Å². The largest absolute Gasteiger partial charge is 0.393 e. The fourth-order valence-corrected chi connectivity index (χ4v) is 2.68. The van der Waals surface area contributed by atoms with E-state index in [1.54, 1.807) is 0 Å². The molecule has 0 aliphatic heterocycles. The van der Waals surface area contributed by atoms with Crippen LogP contribution in [0.1, 0.15) is 45.4 Å². The van der Waals surface area contributed by atoms with Crippen molar-refractivity contribution in [1.82, 2.24) is 4.90 Å². The van der Waals surface area contributed by atoms with E-state index in [9.17, 15) is 5.11 Å². The molecule has 2 aliphatic rings. The van der Waals surface area contributed by atoms with Gasteiger partial charge in [0.05, 0.1) is 6.10 Å². The van der Waals surface area contributed by atoms with Gasteiger partial charge in [0, 0.05) is 12.6 Å². The zero-order valence-electron chi connectivity index (χ0n) is 9.28. The molecule has 2 aliphatic carbocycles. The molecule has 2 atom stereocenters. The highest BCUT2D eigenvalue weighted by Gasteiger charge is 2.33. The van der Waals surface area contributed by atoms with Gasteiger partial charge in [-0.1, -0.05) is 13.3 Å². The lowest BCUT2D eigenvalue weighted by Gasteiger charge is -2.26. The van der Waals surface area contributed by atoms with Crippen LogP contribution in [-0.4, -0.2) is 35.2 Å². The molecule has 0 aromatic carbocycles. The molecule has 0 radical (unpaired) electrons. The van der Waals surface area contributed by atoms with Crippen molar-refractivity contribution in [3.8, 4) is 0 Å². The van der Waals surface area contributed by atoms with Crippen molar-refractivity contribution in [3.63, 3.8) is 0 Å². The van der Waals surface area contributed by atoms with Crippen LogP contribution in [0.4, 0.5) is 0 Å². The highest BCUT2D eigenvalue weighted by atomic mass is 16.3. The summed E-state index contributed by atoms with van der Waals surface area (Å²) in [4.78, 5) is 2.61. The number of hydrogen-bond donors (Lipinski definition) is 1. The van der Waals surface area contributed by atoms with E-state index in [2.05, 4.69) is 11.8 Å². The standard InChI is InChI=1S/C12H23NO/c1-2-8-13(11-6-7-11)9-10-4-3-5-12(10)14/h10-12,14H,2-9H2,1H3. The number of nitrogens with zero attached hydrogens (tertiary/aromatic N) is 1. The number of hydrogen-bond acceptors (Lipinski definition) is 2. The lowest BCUT2D eigenvalue weighted by Crippen LogP contribution is -2.35. The highest BCUT2D eigenvalue weighted by Crippen LogP contribution is 2.32. The fourth-order valence-electron chi connectivity index (χ4n) is 2.68. The molecule has 0 saturated heterocycles. The Balaban J connectivity index is 1.80. The maximum atomic E-state index is 9.78. The summed E-state index contributed by atoms with van der Waals surface area (Å²) in [5, 5.41) is 9.78. The minimum atomic E-state index is -0.00638. The molecule has 0 bridgehead atoms. The van der Waals surface area contributed by atoms with Crippen LogP contribution in [0.5, 0.6) is 0 Å². The normalized spacial score (nSPS) is 32.8. The smallest absolute Gasteiger partial charge is 0.0580 e. The Morgan fingerprint density at radius 3 is 2.50 bits per heavy atom. The number of rotatable bonds is 5. The Labute approximate surface area is 87.3 Å². The van der Waals surface area contributed by atoms with Crippen molar-refractivity contribution in [2.45, 2.75) is 57.6 Å². The molecular weight excluding hydrogens is 174 g/mol. The lowest BCUT2D eigenvalue weighted by atomic mass is 10.1. The molecule has 2 saturated carbocycles. The summed E-state index contributed by atoms with van der Waals surface area (Å²) in [6, 6.07) is 0.864. The maximum absolute atomic E-state index is 9.78. The van der Waals surface area contributed by atoms with Crippen molar-refractivity contribution in [2.75, 3.05) is 13.1 Å². The van der Waals surface area contributed by atoms with Gasteiger partial charge in [-0.25, -0.2) is 0 Å². The summed E-state index contributed by atoms with van der Waals surface area (Å²) in [7, 11) is 0. The molecule has 0 heterocycles. The van der Waals surface area contributed by atoms with Gasteiger partial charge in [-0.3, -0.25) is 0 Å². The summed E-state index contributed by atoms with van der Waals surface area (Å²) >= 11 is 0. The first-order valence-electron chi connectivity index (χ1n) is 6.23. The van der Waals surface area contributed by atoms with Gasteiger partial charge in [0.1, 0.15) is 0 Å². The van der Waals surface area contributed by atoms with Gasteiger partial charge in [0.2, 0.25) is 0 Å². The third kappa shape index (κ3) is 2.48. The third-order valence-corrected chi connectivity index (χ3v) is 3.66. The van der Waals surface area contributed by atoms with Gasteiger partial charge < -0.3 is 10.0 Å². The molecule has 2 fully saturated rings. The van der Waals surface area contributed by atoms with Crippen molar-refractivity contribution in [1.29, 1.82) is 0 Å². The third-order valence-electron chi connectivity index (χ3n) is 3.66. The molecule has 0 aromatic heterocycles. The maximum Gasteiger partial charge on any atom is 0.0580 e. The average Bonchev–Trinajstić information content (AvgIpc) is 2.93. The molecule has 0 amide bonds. The van der Waals surface area contributed by atoms with Crippen LogP contribution < -0.4 is 0 Å². The van der Waals surface area contributed by atoms with E-state index in [4.69, 9.17) is 0 Å². The summed E-state index contributed by atoms with van der Waals surface area (Å²) in [6.45, 7) is 4.63. The minimum absolute atomic E-state index is 0.00638. The van der Waals surface area contributed by atoms with Crippen LogP contribution in [0.2, 0.25) is 0 Å². The first-order chi connectivity index (χ1) is 6.81. The number of aliphatic hydroxyl groups is 1. The van der Waals surface area contributed by atoms with E-state index >= 15 is 0 Å². The Morgan fingerprint density at radius 1 is 1.21 bits per heavy atom. The van der Waals surface area contributed by atoms with E-state index in [0.717, 1.165) is 19.0 Å². The predicted molar refractivity (Wildman–Crippen MR) is 58.2 cm³/mol. The zero-order valence-corrected chi connectivity index (χ0v) is 9.28. The highest BCUT2D eigenvalue weighted by molar-refractivity contribution is 4.88. The Bertz CT molecular complexity index is 179. The Morgan fingerprint density at radius 2 is 2.00 bits per heavy atom. The Kier molecular flexibility index (Phi) is 3.45. The van der Waals surface area contributed by atoms with Crippen molar-refractivity contribution >= 4 is 0 Å². The quantitative estimate of drug-likeness (QED) is 0.729. The molecule has 1 N–H and O–H groups in total. The Hall–Kier alpha value is -0.0800. The number of aliphatic hydroxyl groups excluding tert-OH is 1. The zero-order chi connectivity index (χ0) is 9.97. The topological polar surface area (TPSA) is 23.5 Å². The van der Waals surface area contributed by atoms with Crippen LogP contribution >= 0.6 is 0 Å². The molecule has 2 nitrogen and oxygen atoms in total. The minimum Gasteiger partial charge on any atom is -0.393 e. The molecule has 0 aromatic rings. The second kappa shape index (κ2) is 4.63. The van der Waals surface area contributed by atoms with Gasteiger partial charge in [-0.2, -0.15) is 0 Å². The van der Waals surface area contributed by atoms with E-state index < -0.39 is 0 Å². The van der Waals surface area contributed by atoms with Crippen molar-refractivity contribution in [2.24, 2.45) is 5.92 Å². The monoisotopic (exact) mass is 197 g/mol. The van der Waals surface area contributed by atoms with Crippen molar-refractivity contribution < 1.29 is 5.11 Å². The van der Waals surface area contributed by atoms with E-state index in [1.165, 1.54) is 38.6 Å². The predicted octanol–water partition coefficient (Wildman–Crippen LogP) is 2.02. The SMILES string of the molecule is CCCN(CC1CCCC1O)C1CC1. The second-order valence-corrected chi connectivity index (χ2v) is 4.98. The molecule has 2 heteroatoms. The molecule has 82 valence electrons. The fraction of sp³-hybridized carbons (Fsp3) is 1.00. The molecule has 14 heavy (non-hydrogen) atoms. The van der Waals surface area contributed by atoms with Crippen LogP contribution in [-0.2, 0) is 0 Å². The van der Waals surface area contributed by atoms with E-state index in [1.807, 2.05) is 0 Å². The van der Waals surface area contributed by atoms with Gasteiger partial charge in [0.25, 0.3) is 0 Å². The van der Waals surface area contributed by atoms with Gasteiger partial charge in [-0.05, 0) is 44.6 Å². The molecular formula is C12H23NO. The van der Waals surface area contributed by atoms with Crippen LogP contribution in [0.3, 0.4) is 0 Å². The first kappa shape index (κ1) is 10.4. The van der Waals surface area contributed by atoms with Crippen LogP contribution in [0.25, 0.3) is 0 Å². The van der Waals surface area contributed by atoms with E-state index in [-0.39, 0.29) is 6.10 Å². The average molecular weight is 197 g/mol. The summed E-state index contributed by atoms with van der Waals surface area (Å²) in [5.41, 5.74) is 0. The first-order valence-corrected chi connectivity index (χ1v) is 6.23. The van der Waals surface area contributed by atoms with E-state index in [0.29, 0.717) is 5.92 Å². The molecule has 0 spiro atoms. The lowest BCUT2D eigenvalue weighted by molar-refractivity contribution is 0.0992.